The van der Waals surface area contributed by atoms with Crippen molar-refractivity contribution < 1.29 is 4.74 Å². The lowest BCUT2D eigenvalue weighted by Crippen LogP contribution is -2.26. The second-order valence-electron chi connectivity index (χ2n) is 5.24. The van der Waals surface area contributed by atoms with Crippen LogP contribution in [0.25, 0.3) is 0 Å². The molecule has 0 saturated carbocycles. The van der Waals surface area contributed by atoms with Gasteiger partial charge in [-0.1, -0.05) is 19.9 Å². The summed E-state index contributed by atoms with van der Waals surface area (Å²) < 4.78 is 5.33. The van der Waals surface area contributed by atoms with Crippen molar-refractivity contribution >= 4 is 17.0 Å². The molecule has 0 atom stereocenters. The van der Waals surface area contributed by atoms with E-state index in [0.717, 1.165) is 23.7 Å². The molecule has 2 rings (SSSR count). The molecule has 0 aliphatic rings. The number of nitrogens with one attached hydrogen (secondary N) is 1. The smallest absolute Gasteiger partial charge is 0.160 e. The van der Waals surface area contributed by atoms with Gasteiger partial charge >= 0.3 is 0 Å². The van der Waals surface area contributed by atoms with Gasteiger partial charge in [0, 0.05) is 22.5 Å². The van der Waals surface area contributed by atoms with Gasteiger partial charge in [-0.3, -0.25) is 4.98 Å². The highest BCUT2D eigenvalue weighted by Gasteiger charge is 2.21. The number of aromatic nitrogens is 1. The Hall–Kier alpha value is -1.55. The number of hydrogen-bond donors (Lipinski definition) is 1. The molecule has 0 unspecified atom stereocenters. The van der Waals surface area contributed by atoms with Crippen molar-refractivity contribution in [1.29, 1.82) is 0 Å². The average Bonchev–Trinajstić information content (AvgIpc) is 2.91. The minimum Gasteiger partial charge on any atom is -0.493 e. The first-order chi connectivity index (χ1) is 9.03. The Bertz CT molecular complexity index is 535. The molecule has 0 fully saturated rings. The summed E-state index contributed by atoms with van der Waals surface area (Å²) in [4.78, 5) is 5.62. The molecule has 19 heavy (non-hydrogen) atoms. The van der Waals surface area contributed by atoms with Crippen LogP contribution in [0, 0.1) is 6.92 Å². The maximum Gasteiger partial charge on any atom is 0.160 e. The van der Waals surface area contributed by atoms with Crippen LogP contribution in [0.5, 0.6) is 5.75 Å². The van der Waals surface area contributed by atoms with E-state index in [1.54, 1.807) is 24.6 Å². The molecule has 102 valence electrons. The normalized spacial score (nSPS) is 11.4. The van der Waals surface area contributed by atoms with E-state index in [-0.39, 0.29) is 5.41 Å². The predicted molar refractivity (Wildman–Crippen MR) is 81.4 cm³/mol. The summed E-state index contributed by atoms with van der Waals surface area (Å²) in [6, 6.07) is 6.30. The first-order valence-electron chi connectivity index (χ1n) is 6.31. The molecule has 0 aliphatic heterocycles. The molecule has 0 spiro atoms. The third kappa shape index (κ3) is 3.26. The van der Waals surface area contributed by atoms with Gasteiger partial charge in [0.15, 0.2) is 5.75 Å². The molecular weight excluding hydrogens is 256 g/mol. The Labute approximate surface area is 118 Å². The highest BCUT2D eigenvalue weighted by Crippen LogP contribution is 2.30. The number of methoxy groups -OCH3 is 1. The summed E-state index contributed by atoms with van der Waals surface area (Å²) in [6.45, 7) is 7.32. The monoisotopic (exact) mass is 276 g/mol. The van der Waals surface area contributed by atoms with Gasteiger partial charge in [0.25, 0.3) is 0 Å². The molecule has 0 saturated heterocycles. The van der Waals surface area contributed by atoms with E-state index in [4.69, 9.17) is 4.74 Å². The molecule has 0 radical (unpaired) electrons. The van der Waals surface area contributed by atoms with Crippen LogP contribution in [-0.2, 0) is 5.41 Å². The van der Waals surface area contributed by atoms with Crippen molar-refractivity contribution in [2.24, 2.45) is 0 Å². The van der Waals surface area contributed by atoms with Gasteiger partial charge in [0.05, 0.1) is 19.0 Å². The van der Waals surface area contributed by atoms with Gasteiger partial charge in [-0.25, -0.2) is 0 Å². The molecule has 0 amide bonds. The second kappa shape index (κ2) is 5.61. The molecular formula is C15H20N2OS. The number of nitrogens with zero attached hydrogens (tertiary/aromatic N) is 1. The van der Waals surface area contributed by atoms with Gasteiger partial charge in [0.2, 0.25) is 0 Å². The zero-order valence-corrected chi connectivity index (χ0v) is 12.7. The minimum atomic E-state index is 0.0936. The first kappa shape index (κ1) is 13.9. The second-order valence-corrected chi connectivity index (χ2v) is 6.19. The van der Waals surface area contributed by atoms with Gasteiger partial charge in [-0.2, -0.15) is 0 Å². The predicted octanol–water partition coefficient (Wildman–Crippen LogP) is 3.85. The molecule has 2 heterocycles. The van der Waals surface area contributed by atoms with Crippen molar-refractivity contribution in [2.75, 3.05) is 19.0 Å². The van der Waals surface area contributed by atoms with Crippen molar-refractivity contribution in [3.63, 3.8) is 0 Å². The van der Waals surface area contributed by atoms with E-state index in [1.807, 2.05) is 13.0 Å². The lowest BCUT2D eigenvalue weighted by molar-refractivity contribution is 0.414. The van der Waals surface area contributed by atoms with Crippen molar-refractivity contribution in [1.82, 2.24) is 4.98 Å². The number of ether oxygens (including phenoxy) is 1. The first-order valence-corrected chi connectivity index (χ1v) is 7.19. The number of pyridine rings is 1. The number of thiophene rings is 1. The largest absolute Gasteiger partial charge is 0.493 e. The van der Waals surface area contributed by atoms with E-state index in [1.165, 1.54) is 4.88 Å². The van der Waals surface area contributed by atoms with Crippen LogP contribution in [0.1, 0.15) is 24.4 Å². The maximum atomic E-state index is 5.33. The molecule has 3 nitrogen and oxygen atoms in total. The minimum absolute atomic E-state index is 0.0936. The van der Waals surface area contributed by atoms with E-state index in [2.05, 4.69) is 41.7 Å². The molecule has 0 bridgehead atoms. The summed E-state index contributed by atoms with van der Waals surface area (Å²) in [6.07, 6.45) is 1.76. The van der Waals surface area contributed by atoms with Crippen molar-refractivity contribution in [3.05, 3.63) is 40.3 Å². The SMILES string of the molecule is COc1cnc(C)cc1NCC(C)(C)c1cccs1. The number of hydrogen-bond acceptors (Lipinski definition) is 4. The van der Waals surface area contributed by atoms with Crippen LogP contribution in [-0.4, -0.2) is 18.6 Å². The van der Waals surface area contributed by atoms with E-state index < -0.39 is 0 Å². The summed E-state index contributed by atoms with van der Waals surface area (Å²) in [5.41, 5.74) is 2.08. The van der Waals surface area contributed by atoms with E-state index in [0.29, 0.717) is 0 Å². The lowest BCUT2D eigenvalue weighted by atomic mass is 9.91. The zero-order valence-electron chi connectivity index (χ0n) is 11.9. The van der Waals surface area contributed by atoms with Crippen LogP contribution in [0.4, 0.5) is 5.69 Å². The van der Waals surface area contributed by atoms with E-state index in [9.17, 15) is 0 Å². The average molecular weight is 276 g/mol. The Kier molecular flexibility index (Phi) is 4.10. The van der Waals surface area contributed by atoms with Gasteiger partial charge in [-0.05, 0) is 24.4 Å². The van der Waals surface area contributed by atoms with Crippen LogP contribution >= 0.6 is 11.3 Å². The molecule has 1 N–H and O–H groups in total. The Balaban J connectivity index is 2.12. The topological polar surface area (TPSA) is 34.1 Å². The fourth-order valence-corrected chi connectivity index (χ4v) is 2.77. The molecule has 0 aromatic carbocycles. The summed E-state index contributed by atoms with van der Waals surface area (Å²) >= 11 is 1.79. The van der Waals surface area contributed by atoms with Crippen LogP contribution in [0.2, 0.25) is 0 Å². The third-order valence-corrected chi connectivity index (χ3v) is 4.37. The zero-order chi connectivity index (χ0) is 13.9. The third-order valence-electron chi connectivity index (χ3n) is 3.13. The fraction of sp³-hybridized carbons (Fsp3) is 0.400. The van der Waals surface area contributed by atoms with Crippen molar-refractivity contribution in [2.45, 2.75) is 26.2 Å². The van der Waals surface area contributed by atoms with Gasteiger partial charge in [0.1, 0.15) is 0 Å². The standard InChI is InChI=1S/C15H20N2OS/c1-11-8-12(13(18-4)9-16-11)17-10-15(2,3)14-6-5-7-19-14/h5-9H,10H2,1-4H3,(H,16,17). The summed E-state index contributed by atoms with van der Waals surface area (Å²) in [5.74, 6) is 0.785. The summed E-state index contributed by atoms with van der Waals surface area (Å²) in [5, 5.41) is 5.59. The van der Waals surface area contributed by atoms with E-state index >= 15 is 0 Å². The highest BCUT2D eigenvalue weighted by atomic mass is 32.1. The number of rotatable bonds is 5. The van der Waals surface area contributed by atoms with Crippen LogP contribution < -0.4 is 10.1 Å². The van der Waals surface area contributed by atoms with Crippen LogP contribution in [0.15, 0.2) is 29.8 Å². The van der Waals surface area contributed by atoms with Gasteiger partial charge in [-0.15, -0.1) is 11.3 Å². The Morgan fingerprint density at radius 1 is 1.42 bits per heavy atom. The molecule has 2 aromatic heterocycles. The van der Waals surface area contributed by atoms with Crippen molar-refractivity contribution in [3.8, 4) is 5.75 Å². The fourth-order valence-electron chi connectivity index (χ4n) is 1.92. The molecule has 2 aromatic rings. The molecule has 4 heteroatoms. The molecule has 0 aliphatic carbocycles. The Morgan fingerprint density at radius 2 is 2.21 bits per heavy atom. The lowest BCUT2D eigenvalue weighted by Gasteiger charge is -2.25. The van der Waals surface area contributed by atoms with Gasteiger partial charge < -0.3 is 10.1 Å². The summed E-state index contributed by atoms with van der Waals surface area (Å²) in [7, 11) is 1.67. The highest BCUT2D eigenvalue weighted by molar-refractivity contribution is 7.10. The number of aryl methyl sites for hydroxylation is 1. The quantitative estimate of drug-likeness (QED) is 0.900. The number of anilines is 1. The maximum absolute atomic E-state index is 5.33. The Morgan fingerprint density at radius 3 is 2.84 bits per heavy atom. The van der Waals surface area contributed by atoms with Crippen LogP contribution in [0.3, 0.4) is 0 Å².